The minimum Gasteiger partial charge on any atom is -0.282 e. The summed E-state index contributed by atoms with van der Waals surface area (Å²) < 4.78 is 76.0. The maximum atomic E-state index is 13.6. The van der Waals surface area contributed by atoms with E-state index in [1.54, 1.807) is 36.4 Å². The molecule has 1 N–H and O–H groups in total. The Kier molecular flexibility index (Phi) is 7.37. The zero-order chi connectivity index (χ0) is 26.8. The number of hydrogen-bond donors (Lipinski definition) is 1. The van der Waals surface area contributed by atoms with E-state index in [2.05, 4.69) is 5.10 Å². The molecule has 0 bridgehead atoms. The maximum absolute atomic E-state index is 13.6. The van der Waals surface area contributed by atoms with Gasteiger partial charge >= 0.3 is 11.9 Å². The Hall–Kier alpha value is -3.70. The molecule has 1 heterocycles. The third-order valence-corrected chi connectivity index (χ3v) is 6.81. The number of alkyl halides is 3. The molecule has 4 aromatic rings. The smallest absolute Gasteiger partial charge is 0.282 e. The van der Waals surface area contributed by atoms with Gasteiger partial charge < -0.3 is 0 Å². The zero-order valence-electron chi connectivity index (χ0n) is 19.8. The number of unbranched alkanes of at least 4 members (excludes halogenated alkanes) is 1. The summed E-state index contributed by atoms with van der Waals surface area (Å²) in [6.45, 7) is 2.02. The molecule has 0 radical (unpaired) electrons. The van der Waals surface area contributed by atoms with E-state index in [1.165, 1.54) is 34.9 Å². The Balaban J connectivity index is 1.73. The fourth-order valence-corrected chi connectivity index (χ4v) is 4.79. The summed E-state index contributed by atoms with van der Waals surface area (Å²) in [7, 11) is -4.43. The number of aromatic nitrogens is 3. The van der Waals surface area contributed by atoms with Crippen molar-refractivity contribution >= 4 is 10.1 Å². The summed E-state index contributed by atoms with van der Waals surface area (Å²) in [5.74, 6) is 0.365. The summed E-state index contributed by atoms with van der Waals surface area (Å²) >= 11 is 0. The fraction of sp³-hybridized carbons (Fsp3) is 0.231. The molecule has 194 valence electrons. The van der Waals surface area contributed by atoms with Crippen LogP contribution in [0.25, 0.3) is 16.8 Å². The topological polar surface area (TPSA) is 94.2 Å². The van der Waals surface area contributed by atoms with Crippen LogP contribution in [0.5, 0.6) is 0 Å². The number of nitrogens with zero attached hydrogens (tertiary/aromatic N) is 3. The minimum absolute atomic E-state index is 0.0618. The maximum Gasteiger partial charge on any atom is 0.418 e. The van der Waals surface area contributed by atoms with Crippen LogP contribution in [0.2, 0.25) is 0 Å². The van der Waals surface area contributed by atoms with Gasteiger partial charge in [0.15, 0.2) is 0 Å². The summed E-state index contributed by atoms with van der Waals surface area (Å²) in [5.41, 5.74) is -0.473. The van der Waals surface area contributed by atoms with Gasteiger partial charge in [-0.25, -0.2) is 4.79 Å². The summed E-state index contributed by atoms with van der Waals surface area (Å²) in [5, 5.41) is 4.26. The van der Waals surface area contributed by atoms with Crippen LogP contribution in [0.1, 0.15) is 36.7 Å². The summed E-state index contributed by atoms with van der Waals surface area (Å²) in [4.78, 5) is 13.1. The van der Waals surface area contributed by atoms with Crippen LogP contribution < -0.4 is 5.69 Å². The first-order valence-corrected chi connectivity index (χ1v) is 13.0. The molecule has 0 atom stereocenters. The van der Waals surface area contributed by atoms with E-state index >= 15 is 0 Å². The minimum atomic E-state index is -4.66. The lowest BCUT2D eigenvalue weighted by Crippen LogP contribution is -2.26. The average Bonchev–Trinajstić information content (AvgIpc) is 3.17. The molecule has 0 fully saturated rings. The molecule has 0 unspecified atom stereocenters. The Labute approximate surface area is 211 Å². The second kappa shape index (κ2) is 10.3. The molecule has 37 heavy (non-hydrogen) atoms. The van der Waals surface area contributed by atoms with E-state index in [4.69, 9.17) is 0 Å². The largest absolute Gasteiger partial charge is 0.418 e. The van der Waals surface area contributed by atoms with Gasteiger partial charge in [0.2, 0.25) is 0 Å². The van der Waals surface area contributed by atoms with Gasteiger partial charge in [0.05, 0.1) is 17.8 Å². The highest BCUT2D eigenvalue weighted by atomic mass is 32.2. The summed E-state index contributed by atoms with van der Waals surface area (Å²) in [6.07, 6.45) is -2.74. The Morgan fingerprint density at radius 1 is 0.946 bits per heavy atom. The standard InChI is InChI=1S/C26H24F3N3O4S/c1-2-3-12-24-30-32(22-10-6-5-9-21(22)26(27,28)29)25(33)31(24)17-18-13-15-19(16-14-18)20-8-4-7-11-23(20)37(34,35)36/h4-11,13-16H,2-3,12,17H2,1H3,(H,34,35,36). The highest BCUT2D eigenvalue weighted by Crippen LogP contribution is 2.33. The Bertz CT molecular complexity index is 1570. The molecule has 0 aliphatic heterocycles. The SMILES string of the molecule is CCCCc1nn(-c2ccccc2C(F)(F)F)c(=O)n1Cc1ccc(-c2ccccc2S(=O)(=O)O)cc1. The van der Waals surface area contributed by atoms with Crippen LogP contribution in [-0.2, 0) is 29.3 Å². The molecule has 0 amide bonds. The lowest BCUT2D eigenvalue weighted by atomic mass is 10.0. The predicted molar refractivity (Wildman–Crippen MR) is 132 cm³/mol. The van der Waals surface area contributed by atoms with Gasteiger partial charge in [0.25, 0.3) is 10.1 Å². The second-order valence-electron chi connectivity index (χ2n) is 8.48. The number of para-hydroxylation sites is 1. The normalized spacial score (nSPS) is 12.1. The zero-order valence-corrected chi connectivity index (χ0v) is 20.6. The molecule has 11 heteroatoms. The van der Waals surface area contributed by atoms with Crippen LogP contribution >= 0.6 is 0 Å². The molecule has 7 nitrogen and oxygen atoms in total. The van der Waals surface area contributed by atoms with E-state index in [-0.39, 0.29) is 17.1 Å². The van der Waals surface area contributed by atoms with Crippen molar-refractivity contribution in [2.75, 3.05) is 0 Å². The molecule has 0 aliphatic carbocycles. The van der Waals surface area contributed by atoms with Crippen molar-refractivity contribution in [3.63, 3.8) is 0 Å². The van der Waals surface area contributed by atoms with Crippen molar-refractivity contribution in [1.82, 2.24) is 14.3 Å². The monoisotopic (exact) mass is 531 g/mol. The van der Waals surface area contributed by atoms with Crippen molar-refractivity contribution < 1.29 is 26.1 Å². The lowest BCUT2D eigenvalue weighted by molar-refractivity contribution is -0.137. The number of rotatable bonds is 8. The first-order chi connectivity index (χ1) is 17.5. The van der Waals surface area contributed by atoms with E-state index in [0.29, 0.717) is 35.4 Å². The average molecular weight is 532 g/mol. The predicted octanol–water partition coefficient (Wildman–Crippen LogP) is 5.36. The molecular weight excluding hydrogens is 507 g/mol. The molecule has 0 saturated heterocycles. The van der Waals surface area contributed by atoms with Crippen molar-refractivity contribution in [2.24, 2.45) is 0 Å². The van der Waals surface area contributed by atoms with Gasteiger partial charge in [-0.05, 0) is 35.7 Å². The Morgan fingerprint density at radius 2 is 1.59 bits per heavy atom. The van der Waals surface area contributed by atoms with Crippen molar-refractivity contribution in [3.05, 3.63) is 100 Å². The van der Waals surface area contributed by atoms with E-state index in [0.717, 1.165) is 17.2 Å². The lowest BCUT2D eigenvalue weighted by Gasteiger charge is -2.11. The number of benzene rings is 3. The van der Waals surface area contributed by atoms with Crippen LogP contribution in [0.15, 0.2) is 82.5 Å². The third kappa shape index (κ3) is 5.67. The van der Waals surface area contributed by atoms with Crippen molar-refractivity contribution in [2.45, 2.75) is 43.8 Å². The van der Waals surface area contributed by atoms with Gasteiger partial charge in [-0.2, -0.15) is 26.3 Å². The van der Waals surface area contributed by atoms with Crippen molar-refractivity contribution in [3.8, 4) is 16.8 Å². The van der Waals surface area contributed by atoms with Crippen LogP contribution in [0.4, 0.5) is 13.2 Å². The first-order valence-electron chi connectivity index (χ1n) is 11.5. The molecule has 0 spiro atoms. The van der Waals surface area contributed by atoms with Crippen LogP contribution in [-0.4, -0.2) is 27.3 Å². The van der Waals surface area contributed by atoms with E-state index in [1.807, 2.05) is 6.92 Å². The molecule has 3 aromatic carbocycles. The molecule has 4 rings (SSSR count). The quantitative estimate of drug-likeness (QED) is 0.309. The second-order valence-corrected chi connectivity index (χ2v) is 9.87. The van der Waals surface area contributed by atoms with Gasteiger partial charge in [0.1, 0.15) is 10.7 Å². The van der Waals surface area contributed by atoms with E-state index in [9.17, 15) is 30.9 Å². The molecule has 0 saturated carbocycles. The van der Waals surface area contributed by atoms with Crippen LogP contribution in [0, 0.1) is 0 Å². The third-order valence-electron chi connectivity index (χ3n) is 5.90. The number of hydrogen-bond acceptors (Lipinski definition) is 4. The highest BCUT2D eigenvalue weighted by molar-refractivity contribution is 7.86. The summed E-state index contributed by atoms with van der Waals surface area (Å²) in [6, 6.07) is 17.5. The van der Waals surface area contributed by atoms with Gasteiger partial charge in [-0.15, -0.1) is 5.10 Å². The van der Waals surface area contributed by atoms with E-state index < -0.39 is 27.5 Å². The first kappa shape index (κ1) is 26.4. The van der Waals surface area contributed by atoms with Gasteiger partial charge in [-0.1, -0.05) is 67.9 Å². The number of aryl methyl sites for hydroxylation is 1. The van der Waals surface area contributed by atoms with Gasteiger partial charge in [-0.3, -0.25) is 9.12 Å². The molecule has 0 aliphatic rings. The Morgan fingerprint density at radius 3 is 2.24 bits per heavy atom. The van der Waals surface area contributed by atoms with Crippen LogP contribution in [0.3, 0.4) is 0 Å². The molecule has 1 aromatic heterocycles. The number of halogens is 3. The molecular formula is C26H24F3N3O4S. The van der Waals surface area contributed by atoms with Crippen molar-refractivity contribution in [1.29, 1.82) is 0 Å². The van der Waals surface area contributed by atoms with Gasteiger partial charge in [0, 0.05) is 12.0 Å². The fourth-order valence-electron chi connectivity index (χ4n) is 4.07. The highest BCUT2D eigenvalue weighted by Gasteiger charge is 2.34.